The maximum Gasteiger partial charge on any atom is 0.245 e. The van der Waals surface area contributed by atoms with E-state index in [9.17, 15) is 13.2 Å². The molecule has 0 atom stereocenters. The largest absolute Gasteiger partial charge is 0.369 e. The summed E-state index contributed by atoms with van der Waals surface area (Å²) in [6.45, 7) is 1.81. The summed E-state index contributed by atoms with van der Waals surface area (Å²) < 4.78 is 26.9. The van der Waals surface area contributed by atoms with E-state index in [4.69, 9.17) is 5.73 Å². The molecule has 0 unspecified atom stereocenters. The van der Waals surface area contributed by atoms with Crippen molar-refractivity contribution < 1.29 is 13.2 Å². The van der Waals surface area contributed by atoms with Gasteiger partial charge in [0.25, 0.3) is 0 Å². The molecule has 2 aromatic rings. The Labute approximate surface area is 128 Å². The van der Waals surface area contributed by atoms with Crippen molar-refractivity contribution in [3.8, 4) is 0 Å². The highest BCUT2D eigenvalue weighted by Gasteiger charge is 2.30. The summed E-state index contributed by atoms with van der Waals surface area (Å²) in [7, 11) is -3.58. The van der Waals surface area contributed by atoms with Crippen molar-refractivity contribution in [1.29, 1.82) is 0 Å². The van der Waals surface area contributed by atoms with Crippen LogP contribution in [0.3, 0.4) is 0 Å². The number of hydrogen-bond acceptors (Lipinski definition) is 5. The third-order valence-corrected chi connectivity index (χ3v) is 5.68. The molecule has 22 heavy (non-hydrogen) atoms. The summed E-state index contributed by atoms with van der Waals surface area (Å²) in [6.07, 6.45) is 3.08. The number of aromatic amines is 1. The molecule has 1 saturated heterocycles. The van der Waals surface area contributed by atoms with Gasteiger partial charge in [0.2, 0.25) is 15.9 Å². The quantitative estimate of drug-likeness (QED) is 0.777. The van der Waals surface area contributed by atoms with Crippen LogP contribution in [0.5, 0.6) is 0 Å². The number of rotatable bonds is 4. The zero-order valence-corrected chi connectivity index (χ0v) is 12.7. The van der Waals surface area contributed by atoms with Gasteiger partial charge in [0.05, 0.1) is 6.54 Å². The number of pyridine rings is 1. The number of carbonyl (C=O) groups is 1. The predicted octanol–water partition coefficient (Wildman–Crippen LogP) is -0.645. The Morgan fingerprint density at radius 3 is 2.73 bits per heavy atom. The van der Waals surface area contributed by atoms with E-state index in [1.807, 2.05) is 4.90 Å². The third-order valence-electron chi connectivity index (χ3n) is 3.74. The smallest absolute Gasteiger partial charge is 0.245 e. The Morgan fingerprint density at radius 2 is 2.05 bits per heavy atom. The molecular formula is C13H17N5O3S. The van der Waals surface area contributed by atoms with Gasteiger partial charge in [-0.15, -0.1) is 0 Å². The Balaban J connectivity index is 1.81. The molecule has 1 fully saturated rings. The molecule has 0 spiro atoms. The maximum atomic E-state index is 12.8. The fourth-order valence-electron chi connectivity index (χ4n) is 2.63. The first-order valence-electron chi connectivity index (χ1n) is 6.91. The van der Waals surface area contributed by atoms with E-state index in [2.05, 4.69) is 9.97 Å². The number of primary amides is 1. The van der Waals surface area contributed by atoms with Gasteiger partial charge in [0.1, 0.15) is 10.5 Å². The molecule has 3 heterocycles. The van der Waals surface area contributed by atoms with Gasteiger partial charge in [-0.1, -0.05) is 0 Å². The van der Waals surface area contributed by atoms with Crippen LogP contribution in [0.25, 0.3) is 11.0 Å². The number of piperazine rings is 1. The molecule has 9 heteroatoms. The van der Waals surface area contributed by atoms with Gasteiger partial charge in [0, 0.05) is 44.0 Å². The van der Waals surface area contributed by atoms with Crippen LogP contribution in [-0.4, -0.2) is 66.2 Å². The number of hydrogen-bond donors (Lipinski definition) is 2. The monoisotopic (exact) mass is 323 g/mol. The first kappa shape index (κ1) is 14.9. The SMILES string of the molecule is NC(=O)CN1CCN(S(=O)(=O)c2c[nH]c3ncccc23)CC1. The van der Waals surface area contributed by atoms with Gasteiger partial charge in [-0.3, -0.25) is 9.69 Å². The predicted molar refractivity (Wildman–Crippen MR) is 80.5 cm³/mol. The van der Waals surface area contributed by atoms with E-state index in [1.165, 1.54) is 10.5 Å². The first-order chi connectivity index (χ1) is 10.5. The van der Waals surface area contributed by atoms with Crippen molar-refractivity contribution in [2.24, 2.45) is 5.73 Å². The van der Waals surface area contributed by atoms with Crippen LogP contribution in [0.15, 0.2) is 29.4 Å². The molecular weight excluding hydrogens is 306 g/mol. The number of carbonyl (C=O) groups excluding carboxylic acids is 1. The number of H-pyrrole nitrogens is 1. The molecule has 2 aromatic heterocycles. The number of nitrogens with two attached hydrogens (primary N) is 1. The molecule has 0 aliphatic carbocycles. The Bertz CT molecular complexity index is 793. The molecule has 1 aliphatic rings. The van der Waals surface area contributed by atoms with E-state index in [-0.39, 0.29) is 11.4 Å². The Hall–Kier alpha value is -1.97. The molecule has 0 bridgehead atoms. The topological polar surface area (TPSA) is 112 Å². The van der Waals surface area contributed by atoms with Gasteiger partial charge in [0.15, 0.2) is 0 Å². The molecule has 1 aliphatic heterocycles. The third kappa shape index (κ3) is 2.70. The summed E-state index contributed by atoms with van der Waals surface area (Å²) in [5.74, 6) is -0.404. The van der Waals surface area contributed by atoms with Crippen molar-refractivity contribution in [3.05, 3.63) is 24.5 Å². The molecule has 118 valence electrons. The number of nitrogens with zero attached hydrogens (tertiary/aromatic N) is 3. The normalized spacial score (nSPS) is 17.8. The molecule has 8 nitrogen and oxygen atoms in total. The number of sulfonamides is 1. The zero-order valence-electron chi connectivity index (χ0n) is 11.9. The van der Waals surface area contributed by atoms with Crippen molar-refractivity contribution in [1.82, 2.24) is 19.2 Å². The van der Waals surface area contributed by atoms with Gasteiger partial charge in [-0.25, -0.2) is 13.4 Å². The summed E-state index contributed by atoms with van der Waals surface area (Å²) in [4.78, 5) is 20.0. The van der Waals surface area contributed by atoms with Gasteiger partial charge >= 0.3 is 0 Å². The minimum atomic E-state index is -3.58. The number of amides is 1. The van der Waals surface area contributed by atoms with E-state index in [1.54, 1.807) is 18.3 Å². The fourth-order valence-corrected chi connectivity index (χ4v) is 4.20. The second-order valence-corrected chi connectivity index (χ2v) is 7.11. The zero-order chi connectivity index (χ0) is 15.7. The highest BCUT2D eigenvalue weighted by molar-refractivity contribution is 7.89. The minimum Gasteiger partial charge on any atom is -0.369 e. The van der Waals surface area contributed by atoms with Crippen molar-refractivity contribution in [3.63, 3.8) is 0 Å². The lowest BCUT2D eigenvalue weighted by Crippen LogP contribution is -2.50. The summed E-state index contributed by atoms with van der Waals surface area (Å²) in [6, 6.07) is 3.44. The Kier molecular flexibility index (Phi) is 3.85. The van der Waals surface area contributed by atoms with E-state index in [0.29, 0.717) is 37.2 Å². The standard InChI is InChI=1S/C13H17N5O3S/c14-12(19)9-17-4-6-18(7-5-17)22(20,21)11-8-16-13-10(11)2-1-3-15-13/h1-3,8H,4-7,9H2,(H2,14,19)(H,15,16). The highest BCUT2D eigenvalue weighted by Crippen LogP contribution is 2.24. The average molecular weight is 323 g/mol. The number of fused-ring (bicyclic) bond motifs is 1. The van der Waals surface area contributed by atoms with Crippen LogP contribution in [0.4, 0.5) is 0 Å². The lowest BCUT2D eigenvalue weighted by atomic mass is 10.3. The number of aromatic nitrogens is 2. The molecule has 1 amide bonds. The molecule has 3 N–H and O–H groups in total. The second-order valence-electron chi connectivity index (χ2n) is 5.20. The molecule has 0 aromatic carbocycles. The van der Waals surface area contributed by atoms with Crippen LogP contribution < -0.4 is 5.73 Å². The van der Waals surface area contributed by atoms with E-state index in [0.717, 1.165) is 0 Å². The molecule has 0 saturated carbocycles. The van der Waals surface area contributed by atoms with Crippen LogP contribution in [0.2, 0.25) is 0 Å². The summed E-state index contributed by atoms with van der Waals surface area (Å²) in [5.41, 5.74) is 5.71. The van der Waals surface area contributed by atoms with Crippen LogP contribution >= 0.6 is 0 Å². The molecule has 0 radical (unpaired) electrons. The van der Waals surface area contributed by atoms with Gasteiger partial charge < -0.3 is 10.7 Å². The Morgan fingerprint density at radius 1 is 1.32 bits per heavy atom. The van der Waals surface area contributed by atoms with Crippen LogP contribution in [0.1, 0.15) is 0 Å². The second kappa shape index (κ2) is 5.67. The summed E-state index contributed by atoms with van der Waals surface area (Å²) in [5, 5.41) is 0.585. The van der Waals surface area contributed by atoms with E-state index >= 15 is 0 Å². The average Bonchev–Trinajstić information content (AvgIpc) is 2.92. The maximum absolute atomic E-state index is 12.8. The van der Waals surface area contributed by atoms with Crippen molar-refractivity contribution >= 4 is 27.0 Å². The summed E-state index contributed by atoms with van der Waals surface area (Å²) >= 11 is 0. The van der Waals surface area contributed by atoms with Crippen molar-refractivity contribution in [2.75, 3.05) is 32.7 Å². The molecule has 3 rings (SSSR count). The minimum absolute atomic E-state index is 0.158. The fraction of sp³-hybridized carbons (Fsp3) is 0.385. The van der Waals surface area contributed by atoms with Crippen molar-refractivity contribution in [2.45, 2.75) is 4.90 Å². The number of nitrogens with one attached hydrogen (secondary N) is 1. The lowest BCUT2D eigenvalue weighted by Gasteiger charge is -2.33. The van der Waals surface area contributed by atoms with Crippen LogP contribution in [0, 0.1) is 0 Å². The van der Waals surface area contributed by atoms with Crippen LogP contribution in [-0.2, 0) is 14.8 Å². The van der Waals surface area contributed by atoms with E-state index < -0.39 is 15.9 Å². The highest BCUT2D eigenvalue weighted by atomic mass is 32.2. The first-order valence-corrected chi connectivity index (χ1v) is 8.35. The van der Waals surface area contributed by atoms with Gasteiger partial charge in [-0.05, 0) is 12.1 Å². The lowest BCUT2D eigenvalue weighted by molar-refractivity contribution is -0.119. The van der Waals surface area contributed by atoms with Gasteiger partial charge in [-0.2, -0.15) is 4.31 Å².